The van der Waals surface area contributed by atoms with Gasteiger partial charge in [-0.2, -0.15) is 5.26 Å². The van der Waals surface area contributed by atoms with Crippen molar-refractivity contribution in [3.63, 3.8) is 0 Å². The van der Waals surface area contributed by atoms with Gasteiger partial charge >= 0.3 is 11.9 Å². The SMILES string of the molecule is CC(C)(C)C=C(CC(=O)O)C(=O)OO. The highest BCUT2D eigenvalue weighted by molar-refractivity contribution is 5.93. The van der Waals surface area contributed by atoms with Crippen LogP contribution < -0.4 is 0 Å². The zero-order valence-electron chi connectivity index (χ0n) is 8.40. The minimum atomic E-state index is -1.15. The molecule has 0 saturated heterocycles. The van der Waals surface area contributed by atoms with Gasteiger partial charge in [0.15, 0.2) is 0 Å². The molecule has 0 rings (SSSR count). The van der Waals surface area contributed by atoms with Gasteiger partial charge in [-0.25, -0.2) is 4.79 Å². The molecule has 0 bridgehead atoms. The molecule has 0 saturated carbocycles. The van der Waals surface area contributed by atoms with Crippen molar-refractivity contribution >= 4 is 11.9 Å². The van der Waals surface area contributed by atoms with Crippen molar-refractivity contribution in [3.8, 4) is 0 Å². The van der Waals surface area contributed by atoms with Gasteiger partial charge in [0, 0.05) is 5.57 Å². The summed E-state index contributed by atoms with van der Waals surface area (Å²) >= 11 is 0. The number of hydrogen-bond donors (Lipinski definition) is 2. The summed E-state index contributed by atoms with van der Waals surface area (Å²) in [5.74, 6) is -2.17. The van der Waals surface area contributed by atoms with E-state index in [2.05, 4.69) is 4.89 Å². The number of rotatable bonds is 3. The Labute approximate surface area is 81.9 Å². The predicted octanol–water partition coefficient (Wildman–Crippen LogP) is 1.45. The summed E-state index contributed by atoms with van der Waals surface area (Å²) < 4.78 is 0. The maximum absolute atomic E-state index is 10.9. The van der Waals surface area contributed by atoms with Crippen molar-refractivity contribution in [1.82, 2.24) is 0 Å². The Balaban J connectivity index is 4.81. The van der Waals surface area contributed by atoms with Crippen LogP contribution in [0.1, 0.15) is 27.2 Å². The van der Waals surface area contributed by atoms with E-state index >= 15 is 0 Å². The molecule has 0 heterocycles. The predicted molar refractivity (Wildman–Crippen MR) is 48.5 cm³/mol. The van der Waals surface area contributed by atoms with Crippen molar-refractivity contribution in [2.24, 2.45) is 5.41 Å². The Hall–Kier alpha value is -1.36. The first-order chi connectivity index (χ1) is 6.26. The van der Waals surface area contributed by atoms with E-state index < -0.39 is 18.4 Å². The van der Waals surface area contributed by atoms with E-state index in [1.54, 1.807) is 20.8 Å². The number of aliphatic carboxylic acids is 1. The standard InChI is InChI=1S/C9H14O5/c1-9(2,3)5-6(4-7(10)11)8(12)14-13/h5,13H,4H2,1-3H3,(H,10,11). The second kappa shape index (κ2) is 4.76. The van der Waals surface area contributed by atoms with Gasteiger partial charge < -0.3 is 5.11 Å². The fourth-order valence-electron chi connectivity index (χ4n) is 0.926. The lowest BCUT2D eigenvalue weighted by Gasteiger charge is -2.13. The number of allylic oxidation sites excluding steroid dienone is 1. The van der Waals surface area contributed by atoms with Crippen LogP contribution in [0.15, 0.2) is 11.6 Å². The number of hydrogen-bond acceptors (Lipinski definition) is 4. The van der Waals surface area contributed by atoms with E-state index in [1.807, 2.05) is 0 Å². The van der Waals surface area contributed by atoms with Crippen molar-refractivity contribution in [3.05, 3.63) is 11.6 Å². The molecule has 0 spiro atoms. The summed E-state index contributed by atoms with van der Waals surface area (Å²) in [4.78, 5) is 24.8. The lowest BCUT2D eigenvalue weighted by Crippen LogP contribution is -2.13. The summed E-state index contributed by atoms with van der Waals surface area (Å²) in [6.45, 7) is 5.42. The third-order valence-corrected chi connectivity index (χ3v) is 1.29. The van der Waals surface area contributed by atoms with Crippen LogP contribution in [0.3, 0.4) is 0 Å². The van der Waals surface area contributed by atoms with Gasteiger partial charge in [0.25, 0.3) is 0 Å². The molecule has 0 radical (unpaired) electrons. The highest BCUT2D eigenvalue weighted by Gasteiger charge is 2.18. The van der Waals surface area contributed by atoms with Crippen LogP contribution in [0.4, 0.5) is 0 Å². The first-order valence-electron chi connectivity index (χ1n) is 4.05. The zero-order chi connectivity index (χ0) is 11.4. The number of carboxylic acids is 1. The first-order valence-corrected chi connectivity index (χ1v) is 4.05. The van der Waals surface area contributed by atoms with E-state index in [1.165, 1.54) is 6.08 Å². The maximum atomic E-state index is 10.9. The molecule has 0 aromatic rings. The molecule has 0 aromatic carbocycles. The van der Waals surface area contributed by atoms with Crippen LogP contribution in [0, 0.1) is 5.41 Å². The quantitative estimate of drug-likeness (QED) is 0.411. The lowest BCUT2D eigenvalue weighted by molar-refractivity contribution is -0.229. The summed E-state index contributed by atoms with van der Waals surface area (Å²) in [6.07, 6.45) is 0.996. The van der Waals surface area contributed by atoms with Gasteiger partial charge in [0.2, 0.25) is 0 Å². The van der Waals surface area contributed by atoms with Gasteiger partial charge in [-0.3, -0.25) is 9.68 Å². The van der Waals surface area contributed by atoms with Crippen LogP contribution in [0.5, 0.6) is 0 Å². The summed E-state index contributed by atoms with van der Waals surface area (Å²) in [5.41, 5.74) is -0.411. The Kier molecular flexibility index (Phi) is 4.30. The summed E-state index contributed by atoms with van der Waals surface area (Å²) in [7, 11) is 0. The highest BCUT2D eigenvalue weighted by atomic mass is 17.1. The number of carbonyl (C=O) groups excluding carboxylic acids is 1. The molecule has 0 atom stereocenters. The largest absolute Gasteiger partial charge is 0.481 e. The Morgan fingerprint density at radius 1 is 1.36 bits per heavy atom. The van der Waals surface area contributed by atoms with E-state index in [-0.39, 0.29) is 11.0 Å². The molecule has 0 unspecified atom stereocenters. The summed E-state index contributed by atoms with van der Waals surface area (Å²) in [5, 5.41) is 16.6. The van der Waals surface area contributed by atoms with Crippen molar-refractivity contribution < 1.29 is 24.8 Å². The second-order valence-electron chi connectivity index (χ2n) is 3.98. The molecular formula is C9H14O5. The molecule has 14 heavy (non-hydrogen) atoms. The topological polar surface area (TPSA) is 83.8 Å². The Bertz CT molecular complexity index is 259. The van der Waals surface area contributed by atoms with Crippen LogP contribution in [0.25, 0.3) is 0 Å². The van der Waals surface area contributed by atoms with Gasteiger partial charge in [-0.05, 0) is 5.41 Å². The molecule has 0 fully saturated rings. The molecule has 5 nitrogen and oxygen atoms in total. The van der Waals surface area contributed by atoms with Crippen LogP contribution in [-0.2, 0) is 14.5 Å². The molecule has 0 amide bonds. The Morgan fingerprint density at radius 2 is 1.86 bits per heavy atom. The molecule has 80 valence electrons. The van der Waals surface area contributed by atoms with E-state index in [0.29, 0.717) is 0 Å². The second-order valence-corrected chi connectivity index (χ2v) is 3.98. The third kappa shape index (κ3) is 5.31. The molecule has 0 aliphatic rings. The number of carboxylic acid groups (broad SMARTS) is 1. The molecule has 0 aliphatic heterocycles. The van der Waals surface area contributed by atoms with Crippen molar-refractivity contribution in [2.45, 2.75) is 27.2 Å². The highest BCUT2D eigenvalue weighted by Crippen LogP contribution is 2.19. The van der Waals surface area contributed by atoms with Crippen LogP contribution >= 0.6 is 0 Å². The van der Waals surface area contributed by atoms with E-state index in [4.69, 9.17) is 10.4 Å². The van der Waals surface area contributed by atoms with Gasteiger partial charge in [0.05, 0.1) is 6.42 Å². The smallest absolute Gasteiger partial charge is 0.369 e. The summed E-state index contributed by atoms with van der Waals surface area (Å²) in [6, 6.07) is 0. The average Bonchev–Trinajstić information content (AvgIpc) is 1.98. The normalized spacial score (nSPS) is 12.4. The Morgan fingerprint density at radius 3 is 2.14 bits per heavy atom. The molecule has 0 aromatic heterocycles. The molecule has 5 heteroatoms. The minimum absolute atomic E-state index is 0.0625. The maximum Gasteiger partial charge on any atom is 0.369 e. The fourth-order valence-corrected chi connectivity index (χ4v) is 0.926. The van der Waals surface area contributed by atoms with Gasteiger partial charge in [0.1, 0.15) is 0 Å². The average molecular weight is 202 g/mol. The van der Waals surface area contributed by atoms with Gasteiger partial charge in [-0.15, -0.1) is 0 Å². The van der Waals surface area contributed by atoms with Crippen LogP contribution in [-0.4, -0.2) is 22.3 Å². The molecule has 0 aliphatic carbocycles. The first kappa shape index (κ1) is 12.6. The lowest BCUT2D eigenvalue weighted by atomic mass is 9.92. The molecular weight excluding hydrogens is 188 g/mol. The number of carbonyl (C=O) groups is 2. The van der Waals surface area contributed by atoms with E-state index in [9.17, 15) is 9.59 Å². The van der Waals surface area contributed by atoms with Gasteiger partial charge in [-0.1, -0.05) is 26.8 Å². The third-order valence-electron chi connectivity index (χ3n) is 1.29. The fraction of sp³-hybridized carbons (Fsp3) is 0.556. The zero-order valence-corrected chi connectivity index (χ0v) is 8.40. The molecule has 2 N–H and O–H groups in total. The minimum Gasteiger partial charge on any atom is -0.481 e. The van der Waals surface area contributed by atoms with Crippen molar-refractivity contribution in [1.29, 1.82) is 0 Å². The van der Waals surface area contributed by atoms with Crippen molar-refractivity contribution in [2.75, 3.05) is 0 Å². The van der Waals surface area contributed by atoms with E-state index in [0.717, 1.165) is 0 Å². The monoisotopic (exact) mass is 202 g/mol. The van der Waals surface area contributed by atoms with Crippen LogP contribution in [0.2, 0.25) is 0 Å².